The number of aliphatic hydroxyl groups excluding tert-OH is 1. The van der Waals surface area contributed by atoms with Crippen LogP contribution in [0, 0.1) is 11.8 Å². The molecule has 0 saturated heterocycles. The van der Waals surface area contributed by atoms with E-state index in [0.717, 1.165) is 24.3 Å². The zero-order valence-corrected chi connectivity index (χ0v) is 16.5. The first kappa shape index (κ1) is 21.8. The molecule has 1 rings (SSSR count). The maximum Gasteiger partial charge on any atom is 0.119 e. The first-order valence-electron chi connectivity index (χ1n) is 10.1. The zero-order chi connectivity index (χ0) is 18.3. The third kappa shape index (κ3) is 9.15. The lowest BCUT2D eigenvalue weighted by Gasteiger charge is -2.26. The van der Waals surface area contributed by atoms with Gasteiger partial charge in [-0.05, 0) is 48.9 Å². The highest BCUT2D eigenvalue weighted by atomic mass is 16.5. The van der Waals surface area contributed by atoms with Gasteiger partial charge in [-0.3, -0.25) is 0 Å². The number of aliphatic hydroxyl groups is 1. The van der Waals surface area contributed by atoms with Crippen molar-refractivity contribution in [2.75, 3.05) is 20.3 Å². The fourth-order valence-electron chi connectivity index (χ4n) is 3.30. The SMILES string of the molecule is CCCCCC[C@@H](CO)[C@H](CCCCC)COc1ccc(OC)cc1. The molecule has 0 bridgehead atoms. The van der Waals surface area contributed by atoms with Gasteiger partial charge in [-0.2, -0.15) is 0 Å². The quantitative estimate of drug-likeness (QED) is 0.403. The van der Waals surface area contributed by atoms with Crippen LogP contribution < -0.4 is 9.47 Å². The molecule has 0 aliphatic carbocycles. The second-order valence-electron chi connectivity index (χ2n) is 7.03. The highest BCUT2D eigenvalue weighted by molar-refractivity contribution is 5.31. The van der Waals surface area contributed by atoms with E-state index < -0.39 is 0 Å². The Balaban J connectivity index is 2.55. The second kappa shape index (κ2) is 14.0. The number of unbranched alkanes of at least 4 members (excludes halogenated alkanes) is 5. The maximum atomic E-state index is 9.90. The fourth-order valence-corrected chi connectivity index (χ4v) is 3.30. The molecule has 25 heavy (non-hydrogen) atoms. The molecule has 3 heteroatoms. The number of rotatable bonds is 15. The highest BCUT2D eigenvalue weighted by Gasteiger charge is 2.21. The van der Waals surface area contributed by atoms with E-state index in [9.17, 15) is 5.11 Å². The van der Waals surface area contributed by atoms with Crippen LogP contribution in [0.2, 0.25) is 0 Å². The summed E-state index contributed by atoms with van der Waals surface area (Å²) in [5, 5.41) is 9.90. The number of hydrogen-bond acceptors (Lipinski definition) is 3. The summed E-state index contributed by atoms with van der Waals surface area (Å²) in [6.45, 7) is 5.43. The molecular formula is C22H38O3. The van der Waals surface area contributed by atoms with Gasteiger partial charge in [0.1, 0.15) is 11.5 Å². The summed E-state index contributed by atoms with van der Waals surface area (Å²) in [6, 6.07) is 7.76. The molecule has 2 atom stereocenters. The Bertz CT molecular complexity index is 416. The predicted molar refractivity (Wildman–Crippen MR) is 105 cm³/mol. The van der Waals surface area contributed by atoms with Crippen LogP contribution in [0.15, 0.2) is 24.3 Å². The first-order chi connectivity index (χ1) is 12.2. The van der Waals surface area contributed by atoms with Gasteiger partial charge >= 0.3 is 0 Å². The topological polar surface area (TPSA) is 38.7 Å². The Kier molecular flexibility index (Phi) is 12.2. The van der Waals surface area contributed by atoms with Crippen molar-refractivity contribution in [1.82, 2.24) is 0 Å². The van der Waals surface area contributed by atoms with Gasteiger partial charge in [0.2, 0.25) is 0 Å². The number of hydrogen-bond donors (Lipinski definition) is 1. The molecule has 1 aromatic carbocycles. The van der Waals surface area contributed by atoms with Crippen molar-refractivity contribution in [2.45, 2.75) is 71.6 Å². The summed E-state index contributed by atoms with van der Waals surface area (Å²) in [5.41, 5.74) is 0. The molecule has 0 spiro atoms. The molecule has 0 heterocycles. The van der Waals surface area contributed by atoms with Gasteiger partial charge in [-0.25, -0.2) is 0 Å². The third-order valence-electron chi connectivity index (χ3n) is 5.03. The molecule has 3 nitrogen and oxygen atoms in total. The van der Waals surface area contributed by atoms with E-state index in [-0.39, 0.29) is 6.61 Å². The van der Waals surface area contributed by atoms with Crippen molar-refractivity contribution in [3.63, 3.8) is 0 Å². The summed E-state index contributed by atoms with van der Waals surface area (Å²) in [4.78, 5) is 0. The lowest BCUT2D eigenvalue weighted by Crippen LogP contribution is -2.25. The fraction of sp³-hybridized carbons (Fsp3) is 0.727. The van der Waals surface area contributed by atoms with E-state index in [1.807, 2.05) is 24.3 Å². The molecule has 0 aliphatic heterocycles. The highest BCUT2D eigenvalue weighted by Crippen LogP contribution is 2.26. The Morgan fingerprint density at radius 2 is 1.36 bits per heavy atom. The summed E-state index contributed by atoms with van der Waals surface area (Å²) in [5.74, 6) is 2.51. The van der Waals surface area contributed by atoms with Gasteiger partial charge in [0.15, 0.2) is 0 Å². The first-order valence-corrected chi connectivity index (χ1v) is 10.1. The van der Waals surface area contributed by atoms with Crippen LogP contribution in [-0.2, 0) is 0 Å². The Morgan fingerprint density at radius 1 is 0.800 bits per heavy atom. The number of benzene rings is 1. The average molecular weight is 351 g/mol. The summed E-state index contributed by atoms with van der Waals surface area (Å²) < 4.78 is 11.2. The Hall–Kier alpha value is -1.22. The van der Waals surface area contributed by atoms with Crippen molar-refractivity contribution in [3.8, 4) is 11.5 Å². The molecule has 0 aromatic heterocycles. The number of ether oxygens (including phenoxy) is 2. The monoisotopic (exact) mass is 350 g/mol. The van der Waals surface area contributed by atoms with Crippen molar-refractivity contribution >= 4 is 0 Å². The molecule has 1 N–H and O–H groups in total. The Labute approximate surface area is 154 Å². The van der Waals surface area contributed by atoms with Crippen molar-refractivity contribution < 1.29 is 14.6 Å². The summed E-state index contributed by atoms with van der Waals surface area (Å²) in [7, 11) is 1.67. The molecule has 0 aliphatic rings. The van der Waals surface area contributed by atoms with Crippen molar-refractivity contribution in [2.24, 2.45) is 11.8 Å². The van der Waals surface area contributed by atoms with Gasteiger partial charge in [0.05, 0.1) is 13.7 Å². The molecule has 144 valence electrons. The van der Waals surface area contributed by atoms with Gasteiger partial charge in [0, 0.05) is 6.61 Å². The van der Waals surface area contributed by atoms with Crippen LogP contribution in [0.4, 0.5) is 0 Å². The molecule has 0 radical (unpaired) electrons. The van der Waals surface area contributed by atoms with Crippen LogP contribution >= 0.6 is 0 Å². The van der Waals surface area contributed by atoms with Crippen LogP contribution in [0.25, 0.3) is 0 Å². The van der Waals surface area contributed by atoms with Crippen molar-refractivity contribution in [1.29, 1.82) is 0 Å². The lowest BCUT2D eigenvalue weighted by molar-refractivity contribution is 0.114. The van der Waals surface area contributed by atoms with Crippen molar-refractivity contribution in [3.05, 3.63) is 24.3 Å². The Morgan fingerprint density at radius 3 is 1.96 bits per heavy atom. The molecule has 0 saturated carbocycles. The average Bonchev–Trinajstić information content (AvgIpc) is 2.65. The summed E-state index contributed by atoms with van der Waals surface area (Å²) in [6.07, 6.45) is 11.0. The van der Waals surface area contributed by atoms with E-state index in [1.54, 1.807) is 7.11 Å². The van der Waals surface area contributed by atoms with Gasteiger partial charge < -0.3 is 14.6 Å². The third-order valence-corrected chi connectivity index (χ3v) is 5.03. The minimum Gasteiger partial charge on any atom is -0.497 e. The van der Waals surface area contributed by atoms with Gasteiger partial charge in [0.25, 0.3) is 0 Å². The zero-order valence-electron chi connectivity index (χ0n) is 16.5. The van der Waals surface area contributed by atoms with E-state index in [0.29, 0.717) is 18.4 Å². The lowest BCUT2D eigenvalue weighted by atomic mass is 9.85. The number of methoxy groups -OCH3 is 1. The van der Waals surface area contributed by atoms with Gasteiger partial charge in [-0.1, -0.05) is 58.8 Å². The molecular weight excluding hydrogens is 312 g/mol. The smallest absolute Gasteiger partial charge is 0.119 e. The second-order valence-corrected chi connectivity index (χ2v) is 7.03. The molecule has 0 unspecified atom stereocenters. The minimum atomic E-state index is 0.273. The van der Waals surface area contributed by atoms with E-state index in [1.165, 1.54) is 44.9 Å². The largest absolute Gasteiger partial charge is 0.497 e. The molecule has 1 aromatic rings. The predicted octanol–water partition coefficient (Wildman–Crippen LogP) is 5.85. The van der Waals surface area contributed by atoms with Crippen LogP contribution in [0.1, 0.15) is 71.6 Å². The molecule has 0 amide bonds. The molecule has 0 fully saturated rings. The van der Waals surface area contributed by atoms with Crippen LogP contribution in [-0.4, -0.2) is 25.4 Å². The van der Waals surface area contributed by atoms with E-state index in [4.69, 9.17) is 9.47 Å². The van der Waals surface area contributed by atoms with E-state index >= 15 is 0 Å². The minimum absolute atomic E-state index is 0.273. The normalized spacial score (nSPS) is 13.4. The van der Waals surface area contributed by atoms with Crippen LogP contribution in [0.3, 0.4) is 0 Å². The summed E-state index contributed by atoms with van der Waals surface area (Å²) >= 11 is 0. The van der Waals surface area contributed by atoms with Crippen LogP contribution in [0.5, 0.6) is 11.5 Å². The maximum absolute atomic E-state index is 9.90. The van der Waals surface area contributed by atoms with Gasteiger partial charge in [-0.15, -0.1) is 0 Å². The standard InChI is InChI=1S/C22H38O3/c1-4-6-8-10-11-19(17-23)20(12-9-7-5-2)18-25-22-15-13-21(24-3)14-16-22/h13-16,19-20,23H,4-12,17-18H2,1-3H3/t19-,20+/m0/s1. The van der Waals surface area contributed by atoms with E-state index in [2.05, 4.69) is 13.8 Å².